The summed E-state index contributed by atoms with van der Waals surface area (Å²) < 4.78 is 18.4. The molecule has 3 rings (SSSR count). The van der Waals surface area contributed by atoms with Crippen LogP contribution < -0.4 is 15.4 Å². The van der Waals surface area contributed by atoms with Gasteiger partial charge in [0.15, 0.2) is 0 Å². The molecule has 142 valence electrons. The van der Waals surface area contributed by atoms with E-state index < -0.39 is 0 Å². The van der Waals surface area contributed by atoms with Crippen LogP contribution in [0.5, 0.6) is 11.6 Å². The number of carbonyl (C=O) groups excluding carboxylic acids is 1. The number of rotatable bonds is 6. The lowest BCUT2D eigenvalue weighted by molar-refractivity contribution is -0.116. The number of anilines is 1. The third-order valence-corrected chi connectivity index (χ3v) is 4.00. The van der Waals surface area contributed by atoms with Crippen LogP contribution in [0.2, 0.25) is 0 Å². The van der Waals surface area contributed by atoms with Gasteiger partial charge in [-0.1, -0.05) is 0 Å². The van der Waals surface area contributed by atoms with Crippen molar-refractivity contribution >= 4 is 36.4 Å². The van der Waals surface area contributed by atoms with Crippen LogP contribution in [-0.4, -0.2) is 24.0 Å². The number of aromatic nitrogens is 1. The van der Waals surface area contributed by atoms with Crippen LogP contribution in [0.15, 0.2) is 42.6 Å². The first-order chi connectivity index (χ1) is 11.7. The van der Waals surface area contributed by atoms with Crippen LogP contribution in [-0.2, 0) is 4.79 Å². The molecule has 0 spiro atoms. The van der Waals surface area contributed by atoms with Crippen molar-refractivity contribution in [3.63, 3.8) is 0 Å². The molecule has 1 saturated heterocycles. The SMILES string of the molecule is Cl.Cl.O=C(CCC1CCNC1)Nc1ccc(Oc2ccc(F)cc2)nc1. The van der Waals surface area contributed by atoms with E-state index in [4.69, 9.17) is 4.74 Å². The fraction of sp³-hybridized carbons (Fsp3) is 0.333. The maximum Gasteiger partial charge on any atom is 0.224 e. The Labute approximate surface area is 164 Å². The van der Waals surface area contributed by atoms with Crippen LogP contribution >= 0.6 is 24.8 Å². The number of ether oxygens (including phenoxy) is 1. The van der Waals surface area contributed by atoms with Crippen LogP contribution in [0.1, 0.15) is 19.3 Å². The van der Waals surface area contributed by atoms with Crippen molar-refractivity contribution in [3.8, 4) is 11.6 Å². The van der Waals surface area contributed by atoms with E-state index in [1.807, 2.05) is 0 Å². The van der Waals surface area contributed by atoms with E-state index in [2.05, 4.69) is 15.6 Å². The molecule has 1 atom stereocenters. The third-order valence-electron chi connectivity index (χ3n) is 4.00. The second-order valence-corrected chi connectivity index (χ2v) is 5.89. The summed E-state index contributed by atoms with van der Waals surface area (Å²) in [4.78, 5) is 16.1. The number of carbonyl (C=O) groups is 1. The molecule has 0 bridgehead atoms. The highest BCUT2D eigenvalue weighted by atomic mass is 35.5. The fourth-order valence-electron chi connectivity index (χ4n) is 2.66. The highest BCUT2D eigenvalue weighted by molar-refractivity contribution is 5.90. The monoisotopic (exact) mass is 401 g/mol. The molecule has 0 aliphatic carbocycles. The van der Waals surface area contributed by atoms with E-state index in [1.165, 1.54) is 24.3 Å². The Hall–Kier alpha value is -1.89. The lowest BCUT2D eigenvalue weighted by Gasteiger charge is -2.09. The van der Waals surface area contributed by atoms with Crippen molar-refractivity contribution in [1.82, 2.24) is 10.3 Å². The minimum atomic E-state index is -0.318. The zero-order valence-corrected chi connectivity index (χ0v) is 15.7. The molecule has 5 nitrogen and oxygen atoms in total. The second-order valence-electron chi connectivity index (χ2n) is 5.89. The smallest absolute Gasteiger partial charge is 0.224 e. The Morgan fingerprint density at radius 1 is 1.23 bits per heavy atom. The maximum atomic E-state index is 12.8. The summed E-state index contributed by atoms with van der Waals surface area (Å²) in [5.74, 6) is 1.17. The maximum absolute atomic E-state index is 12.8. The molecular weight excluding hydrogens is 380 g/mol. The fourth-order valence-corrected chi connectivity index (χ4v) is 2.66. The number of hydrogen-bond donors (Lipinski definition) is 2. The summed E-state index contributed by atoms with van der Waals surface area (Å²) in [7, 11) is 0. The lowest BCUT2D eigenvalue weighted by Crippen LogP contribution is -2.15. The highest BCUT2D eigenvalue weighted by Crippen LogP contribution is 2.21. The van der Waals surface area contributed by atoms with Crippen LogP contribution in [0.4, 0.5) is 10.1 Å². The Morgan fingerprint density at radius 3 is 2.62 bits per heavy atom. The Morgan fingerprint density at radius 2 is 2.00 bits per heavy atom. The summed E-state index contributed by atoms with van der Waals surface area (Å²) in [6, 6.07) is 9.11. The molecule has 0 radical (unpaired) electrons. The largest absolute Gasteiger partial charge is 0.439 e. The molecule has 1 unspecified atom stereocenters. The number of pyridine rings is 1. The van der Waals surface area contributed by atoms with Gasteiger partial charge in [0.25, 0.3) is 0 Å². The van der Waals surface area contributed by atoms with E-state index in [9.17, 15) is 9.18 Å². The minimum absolute atomic E-state index is 0. The molecule has 26 heavy (non-hydrogen) atoms. The van der Waals surface area contributed by atoms with Crippen molar-refractivity contribution in [3.05, 3.63) is 48.4 Å². The van der Waals surface area contributed by atoms with Gasteiger partial charge in [-0.25, -0.2) is 9.37 Å². The third kappa shape index (κ3) is 6.78. The molecule has 1 amide bonds. The summed E-state index contributed by atoms with van der Waals surface area (Å²) in [5.41, 5.74) is 0.635. The van der Waals surface area contributed by atoms with Gasteiger partial charge >= 0.3 is 0 Å². The molecule has 1 aliphatic rings. The standard InChI is InChI=1S/C18H20FN3O2.2ClH/c19-14-2-5-16(6-3-14)24-18-8-4-15(12-21-18)22-17(23)7-1-13-9-10-20-11-13;;/h2-6,8,12-13,20H,1,7,9-11H2,(H,22,23);2*1H. The minimum Gasteiger partial charge on any atom is -0.439 e. The molecule has 1 fully saturated rings. The van der Waals surface area contributed by atoms with E-state index in [0.29, 0.717) is 29.7 Å². The molecule has 0 saturated carbocycles. The van der Waals surface area contributed by atoms with E-state index in [1.54, 1.807) is 18.3 Å². The number of amides is 1. The normalized spacial score (nSPS) is 15.5. The topological polar surface area (TPSA) is 63.2 Å². The number of benzene rings is 1. The van der Waals surface area contributed by atoms with Crippen LogP contribution in [0.3, 0.4) is 0 Å². The number of nitrogens with zero attached hydrogens (tertiary/aromatic N) is 1. The molecule has 2 aromatic rings. The molecule has 8 heteroatoms. The van der Waals surface area contributed by atoms with E-state index in [-0.39, 0.29) is 36.5 Å². The van der Waals surface area contributed by atoms with E-state index in [0.717, 1.165) is 25.9 Å². The Kier molecular flexibility index (Phi) is 9.34. The van der Waals surface area contributed by atoms with Crippen LogP contribution in [0, 0.1) is 11.7 Å². The summed E-state index contributed by atoms with van der Waals surface area (Å²) >= 11 is 0. The molecular formula is C18H22Cl2FN3O2. The quantitative estimate of drug-likeness (QED) is 0.761. The van der Waals surface area contributed by atoms with Gasteiger partial charge in [-0.2, -0.15) is 0 Å². The van der Waals surface area contributed by atoms with Gasteiger partial charge in [-0.15, -0.1) is 24.8 Å². The van der Waals surface area contributed by atoms with Gasteiger partial charge in [0.05, 0.1) is 11.9 Å². The first-order valence-corrected chi connectivity index (χ1v) is 8.09. The molecule has 2 heterocycles. The molecule has 1 aromatic heterocycles. The first kappa shape index (κ1) is 22.2. The highest BCUT2D eigenvalue weighted by Gasteiger charge is 2.15. The summed E-state index contributed by atoms with van der Waals surface area (Å²) in [6.07, 6.45) is 4.11. The number of halogens is 3. The van der Waals surface area contributed by atoms with Gasteiger partial charge in [0.1, 0.15) is 11.6 Å². The first-order valence-electron chi connectivity index (χ1n) is 8.09. The zero-order valence-electron chi connectivity index (χ0n) is 14.1. The van der Waals surface area contributed by atoms with Crippen molar-refractivity contribution in [1.29, 1.82) is 0 Å². The van der Waals surface area contributed by atoms with Gasteiger partial charge in [0.2, 0.25) is 11.8 Å². The average molecular weight is 402 g/mol. The van der Waals surface area contributed by atoms with Crippen molar-refractivity contribution < 1.29 is 13.9 Å². The Balaban J connectivity index is 0.00000169. The average Bonchev–Trinajstić information content (AvgIpc) is 3.10. The lowest BCUT2D eigenvalue weighted by atomic mass is 10.0. The summed E-state index contributed by atoms with van der Waals surface area (Å²) in [5, 5.41) is 6.14. The Bertz CT molecular complexity index is 678. The van der Waals surface area contributed by atoms with Crippen molar-refractivity contribution in [2.24, 2.45) is 5.92 Å². The van der Waals surface area contributed by atoms with E-state index >= 15 is 0 Å². The van der Waals surface area contributed by atoms with Crippen LogP contribution in [0.25, 0.3) is 0 Å². The second kappa shape index (κ2) is 11.0. The predicted octanol–water partition coefficient (Wildman–Crippen LogP) is 4.18. The van der Waals surface area contributed by atoms with Crippen molar-refractivity contribution in [2.45, 2.75) is 19.3 Å². The van der Waals surface area contributed by atoms with Gasteiger partial charge in [-0.3, -0.25) is 4.79 Å². The van der Waals surface area contributed by atoms with Gasteiger partial charge < -0.3 is 15.4 Å². The number of nitrogens with one attached hydrogen (secondary N) is 2. The molecule has 1 aliphatic heterocycles. The molecule has 1 aromatic carbocycles. The number of hydrogen-bond acceptors (Lipinski definition) is 4. The predicted molar refractivity (Wildman–Crippen MR) is 104 cm³/mol. The summed E-state index contributed by atoms with van der Waals surface area (Å²) in [6.45, 7) is 2.05. The zero-order chi connectivity index (χ0) is 16.8. The van der Waals surface area contributed by atoms with Gasteiger partial charge in [0, 0.05) is 12.5 Å². The van der Waals surface area contributed by atoms with Gasteiger partial charge in [-0.05, 0) is 62.2 Å². The molecule has 2 N–H and O–H groups in total. The van der Waals surface area contributed by atoms with Crippen molar-refractivity contribution in [2.75, 3.05) is 18.4 Å².